The Morgan fingerprint density at radius 1 is 1.29 bits per heavy atom. The highest BCUT2D eigenvalue weighted by molar-refractivity contribution is 9.10. The van der Waals surface area contributed by atoms with Crippen molar-refractivity contribution in [3.8, 4) is 0 Å². The maximum atomic E-state index is 12.5. The number of halogens is 2. The summed E-state index contributed by atoms with van der Waals surface area (Å²) in [7, 11) is -3.10. The SMILES string of the molecule is O=C(CCC1CCCC1)N=C1S[C@H]2CS(=O)(=O)C[C@@H]2N1c1ccc(Br)cc1Cl. The molecule has 28 heavy (non-hydrogen) atoms. The number of thioether (sulfide) groups is 1. The number of hydrogen-bond acceptors (Lipinski definition) is 4. The molecule has 152 valence electrons. The van der Waals surface area contributed by atoms with Crippen LogP contribution in [-0.2, 0) is 14.6 Å². The van der Waals surface area contributed by atoms with Gasteiger partial charge in [0, 0.05) is 16.1 Å². The van der Waals surface area contributed by atoms with Gasteiger partial charge in [-0.15, -0.1) is 0 Å². The quantitative estimate of drug-likeness (QED) is 0.595. The number of carbonyl (C=O) groups is 1. The number of aliphatic imine (C=N–C) groups is 1. The average Bonchev–Trinajstić information content (AvgIpc) is 3.29. The summed E-state index contributed by atoms with van der Waals surface area (Å²) in [5.41, 5.74) is 0.698. The van der Waals surface area contributed by atoms with E-state index in [9.17, 15) is 13.2 Å². The van der Waals surface area contributed by atoms with E-state index in [-0.39, 0.29) is 28.7 Å². The van der Waals surface area contributed by atoms with Gasteiger partial charge in [0.2, 0.25) is 5.91 Å². The molecule has 5 nitrogen and oxygen atoms in total. The summed E-state index contributed by atoms with van der Waals surface area (Å²) >= 11 is 11.2. The van der Waals surface area contributed by atoms with Gasteiger partial charge in [0.05, 0.1) is 28.3 Å². The molecule has 1 aromatic carbocycles. The smallest absolute Gasteiger partial charge is 0.248 e. The molecule has 2 atom stereocenters. The summed E-state index contributed by atoms with van der Waals surface area (Å²) < 4.78 is 25.1. The van der Waals surface area contributed by atoms with E-state index in [0.717, 1.165) is 10.9 Å². The summed E-state index contributed by atoms with van der Waals surface area (Å²) in [6.45, 7) is 0. The maximum absolute atomic E-state index is 12.5. The Kier molecular flexibility index (Phi) is 6.12. The number of anilines is 1. The van der Waals surface area contributed by atoms with Crippen LogP contribution in [0, 0.1) is 5.92 Å². The van der Waals surface area contributed by atoms with Gasteiger partial charge in [-0.05, 0) is 30.5 Å². The zero-order valence-corrected chi connectivity index (χ0v) is 19.3. The van der Waals surface area contributed by atoms with E-state index >= 15 is 0 Å². The highest BCUT2D eigenvalue weighted by Crippen LogP contribution is 2.43. The second kappa shape index (κ2) is 8.28. The van der Waals surface area contributed by atoms with Crippen molar-refractivity contribution in [2.24, 2.45) is 10.9 Å². The van der Waals surface area contributed by atoms with E-state index in [4.69, 9.17) is 11.6 Å². The molecule has 9 heteroatoms. The van der Waals surface area contributed by atoms with E-state index in [0.29, 0.717) is 28.2 Å². The second-order valence-corrected chi connectivity index (χ2v) is 12.4. The minimum Gasteiger partial charge on any atom is -0.314 e. The Balaban J connectivity index is 1.58. The lowest BCUT2D eigenvalue weighted by Crippen LogP contribution is -2.37. The Morgan fingerprint density at radius 2 is 2.04 bits per heavy atom. The number of nitrogens with zero attached hydrogens (tertiary/aromatic N) is 2. The number of amidine groups is 1. The van der Waals surface area contributed by atoms with Gasteiger partial charge in [0.15, 0.2) is 15.0 Å². The predicted molar refractivity (Wildman–Crippen MR) is 119 cm³/mol. The number of sulfone groups is 1. The van der Waals surface area contributed by atoms with Crippen LogP contribution in [0.3, 0.4) is 0 Å². The van der Waals surface area contributed by atoms with Crippen molar-refractivity contribution in [3.63, 3.8) is 0 Å². The first-order valence-corrected chi connectivity index (χ1v) is 13.4. The van der Waals surface area contributed by atoms with Gasteiger partial charge >= 0.3 is 0 Å². The number of hydrogen-bond donors (Lipinski definition) is 0. The topological polar surface area (TPSA) is 66.8 Å². The fraction of sp³-hybridized carbons (Fsp3) is 0.579. The Hall–Kier alpha value is -0.570. The van der Waals surface area contributed by atoms with E-state index < -0.39 is 9.84 Å². The molecule has 0 N–H and O–H groups in total. The summed E-state index contributed by atoms with van der Waals surface area (Å²) in [6, 6.07) is 5.24. The fourth-order valence-corrected chi connectivity index (χ4v) is 9.00. The van der Waals surface area contributed by atoms with Crippen molar-refractivity contribution in [1.29, 1.82) is 0 Å². The molecule has 2 heterocycles. The normalized spacial score (nSPS) is 28.2. The molecule has 2 aliphatic heterocycles. The van der Waals surface area contributed by atoms with Crippen molar-refractivity contribution in [3.05, 3.63) is 27.7 Å². The molecule has 2 saturated heterocycles. The van der Waals surface area contributed by atoms with Crippen molar-refractivity contribution in [2.75, 3.05) is 16.4 Å². The molecular formula is C19H22BrClN2O3S2. The van der Waals surface area contributed by atoms with Crippen LogP contribution in [0.1, 0.15) is 38.5 Å². The monoisotopic (exact) mass is 504 g/mol. The molecule has 0 unspecified atom stereocenters. The molecule has 1 amide bonds. The molecule has 0 radical (unpaired) electrons. The standard InChI is InChI=1S/C19H22BrClN2O3S2/c20-13-6-7-15(14(21)9-13)23-16-10-28(25,26)11-17(16)27-19(23)22-18(24)8-5-12-3-1-2-4-12/h6-7,9,12,16-17H,1-5,8,10-11H2/t16-,17-/m0/s1. The third-order valence-electron chi connectivity index (χ3n) is 5.70. The van der Waals surface area contributed by atoms with Crippen molar-refractivity contribution in [1.82, 2.24) is 0 Å². The minimum atomic E-state index is -3.10. The molecule has 1 saturated carbocycles. The first kappa shape index (κ1) is 20.7. The second-order valence-electron chi connectivity index (χ2n) is 7.74. The van der Waals surface area contributed by atoms with Gasteiger partial charge < -0.3 is 4.90 Å². The number of amides is 1. The minimum absolute atomic E-state index is 0.0618. The Morgan fingerprint density at radius 3 is 2.75 bits per heavy atom. The molecule has 0 bridgehead atoms. The van der Waals surface area contributed by atoms with Gasteiger partial charge in [0.25, 0.3) is 0 Å². The lowest BCUT2D eigenvalue weighted by atomic mass is 10.0. The molecular weight excluding hydrogens is 484 g/mol. The highest BCUT2D eigenvalue weighted by atomic mass is 79.9. The Labute approximate surface area is 183 Å². The zero-order chi connectivity index (χ0) is 19.9. The summed E-state index contributed by atoms with van der Waals surface area (Å²) in [6.07, 6.45) is 6.28. The molecule has 0 aromatic heterocycles. The molecule has 3 fully saturated rings. The molecule has 1 aliphatic carbocycles. The fourth-order valence-electron chi connectivity index (χ4n) is 4.31. The van der Waals surface area contributed by atoms with E-state index in [1.165, 1.54) is 37.4 Å². The van der Waals surface area contributed by atoms with Gasteiger partial charge in [-0.25, -0.2) is 8.42 Å². The van der Waals surface area contributed by atoms with Crippen LogP contribution in [0.4, 0.5) is 5.69 Å². The average molecular weight is 506 g/mol. The van der Waals surface area contributed by atoms with Crippen LogP contribution >= 0.6 is 39.3 Å². The molecule has 1 aromatic rings. The lowest BCUT2D eigenvalue weighted by molar-refractivity contribution is -0.118. The van der Waals surface area contributed by atoms with Crippen LogP contribution < -0.4 is 4.90 Å². The first-order chi connectivity index (χ1) is 13.3. The van der Waals surface area contributed by atoms with Crippen molar-refractivity contribution < 1.29 is 13.2 Å². The first-order valence-electron chi connectivity index (χ1n) is 9.55. The van der Waals surface area contributed by atoms with E-state index in [2.05, 4.69) is 20.9 Å². The summed E-state index contributed by atoms with van der Waals surface area (Å²) in [4.78, 5) is 18.8. The zero-order valence-electron chi connectivity index (χ0n) is 15.3. The third-order valence-corrected chi connectivity index (χ3v) is 9.70. The van der Waals surface area contributed by atoms with E-state index in [1.54, 1.807) is 6.07 Å². The molecule has 4 rings (SSSR count). The van der Waals surface area contributed by atoms with Crippen LogP contribution in [0.5, 0.6) is 0 Å². The molecule has 0 spiro atoms. The van der Waals surface area contributed by atoms with Crippen molar-refractivity contribution in [2.45, 2.75) is 49.8 Å². The lowest BCUT2D eigenvalue weighted by Gasteiger charge is -2.25. The summed E-state index contributed by atoms with van der Waals surface area (Å²) in [5, 5.41) is 0.961. The Bertz CT molecular complexity index is 916. The number of carbonyl (C=O) groups excluding carboxylic acids is 1. The van der Waals surface area contributed by atoms with Gasteiger partial charge in [-0.1, -0.05) is 65.0 Å². The number of benzene rings is 1. The number of rotatable bonds is 4. The van der Waals surface area contributed by atoms with Crippen LogP contribution in [-0.4, -0.2) is 42.3 Å². The van der Waals surface area contributed by atoms with Gasteiger partial charge in [-0.2, -0.15) is 4.99 Å². The maximum Gasteiger partial charge on any atom is 0.248 e. The predicted octanol–water partition coefficient (Wildman–Crippen LogP) is 4.67. The third kappa shape index (κ3) is 4.45. The van der Waals surface area contributed by atoms with E-state index in [1.807, 2.05) is 17.0 Å². The van der Waals surface area contributed by atoms with Gasteiger partial charge in [-0.3, -0.25) is 4.79 Å². The van der Waals surface area contributed by atoms with Crippen molar-refractivity contribution >= 4 is 65.9 Å². The van der Waals surface area contributed by atoms with Gasteiger partial charge in [0.1, 0.15) is 0 Å². The highest BCUT2D eigenvalue weighted by Gasteiger charge is 2.49. The molecule has 3 aliphatic rings. The van der Waals surface area contributed by atoms with Crippen LogP contribution in [0.15, 0.2) is 27.7 Å². The van der Waals surface area contributed by atoms with Crippen LogP contribution in [0.2, 0.25) is 5.02 Å². The largest absolute Gasteiger partial charge is 0.314 e. The number of fused-ring (bicyclic) bond motifs is 1. The van der Waals surface area contributed by atoms with Crippen LogP contribution in [0.25, 0.3) is 0 Å². The summed E-state index contributed by atoms with van der Waals surface area (Å²) in [5.74, 6) is 0.687.